The Morgan fingerprint density at radius 1 is 1.47 bits per heavy atom. The molecule has 2 atom stereocenters. The Morgan fingerprint density at radius 2 is 2.07 bits per heavy atom. The number of nitrogens with one attached hydrogen (secondary N) is 2. The predicted molar refractivity (Wildman–Crippen MR) is 56.2 cm³/mol. The Morgan fingerprint density at radius 3 is 2.47 bits per heavy atom. The summed E-state index contributed by atoms with van der Waals surface area (Å²) in [6.07, 6.45) is 0. The molecule has 0 aromatic carbocycles. The number of aliphatic hydroxyl groups excluding tert-OH is 2. The molecule has 4 N–H and O–H groups in total. The van der Waals surface area contributed by atoms with Crippen LogP contribution < -0.4 is 10.6 Å². The molecule has 1 aliphatic rings. The molecule has 2 unspecified atom stereocenters. The zero-order valence-electron chi connectivity index (χ0n) is 9.29. The quantitative estimate of drug-likeness (QED) is 0.471. The van der Waals surface area contributed by atoms with Crippen LogP contribution >= 0.6 is 0 Å². The van der Waals surface area contributed by atoms with Crippen LogP contribution in [-0.4, -0.2) is 48.0 Å². The lowest BCUT2D eigenvalue weighted by atomic mass is 9.95. The summed E-state index contributed by atoms with van der Waals surface area (Å²) in [6.45, 7) is 4.62. The van der Waals surface area contributed by atoms with Gasteiger partial charge in [-0.25, -0.2) is 0 Å². The molecule has 1 rings (SSSR count). The second kappa shape index (κ2) is 4.92. The van der Waals surface area contributed by atoms with Gasteiger partial charge in [-0.1, -0.05) is 6.92 Å². The average molecular weight is 216 g/mol. The van der Waals surface area contributed by atoms with Crippen LogP contribution in [0.5, 0.6) is 0 Å². The number of hydrogen-bond donors (Lipinski definition) is 4. The first-order valence-electron chi connectivity index (χ1n) is 5.27. The van der Waals surface area contributed by atoms with Gasteiger partial charge in [0.2, 0.25) is 5.91 Å². The number of amides is 1. The first-order chi connectivity index (χ1) is 7.02. The van der Waals surface area contributed by atoms with Crippen molar-refractivity contribution in [3.63, 3.8) is 0 Å². The highest BCUT2D eigenvalue weighted by Crippen LogP contribution is 2.17. The molecule has 1 amide bonds. The fourth-order valence-corrected chi connectivity index (χ4v) is 1.68. The third-order valence-corrected chi connectivity index (χ3v) is 2.98. The van der Waals surface area contributed by atoms with Crippen LogP contribution in [0.3, 0.4) is 0 Å². The largest absolute Gasteiger partial charge is 0.394 e. The number of carbonyl (C=O) groups excluding carboxylic acids is 1. The van der Waals surface area contributed by atoms with Gasteiger partial charge in [0.1, 0.15) is 0 Å². The van der Waals surface area contributed by atoms with Gasteiger partial charge in [0.15, 0.2) is 0 Å². The molecule has 1 saturated heterocycles. The van der Waals surface area contributed by atoms with E-state index in [0.29, 0.717) is 12.5 Å². The van der Waals surface area contributed by atoms with E-state index in [-0.39, 0.29) is 25.0 Å². The Labute approximate surface area is 89.9 Å². The SMILES string of the molecule is CC1CNCC1C(=O)NC(C)(CO)CO. The summed E-state index contributed by atoms with van der Waals surface area (Å²) in [7, 11) is 0. The van der Waals surface area contributed by atoms with E-state index in [0.717, 1.165) is 6.54 Å². The second-order valence-electron chi connectivity index (χ2n) is 4.61. The summed E-state index contributed by atoms with van der Waals surface area (Å²) in [5, 5.41) is 23.9. The minimum absolute atomic E-state index is 0.0672. The normalized spacial score (nSPS) is 26.7. The molecule has 88 valence electrons. The van der Waals surface area contributed by atoms with E-state index in [1.807, 2.05) is 6.92 Å². The molecule has 0 saturated carbocycles. The van der Waals surface area contributed by atoms with E-state index in [4.69, 9.17) is 10.2 Å². The van der Waals surface area contributed by atoms with Crippen molar-refractivity contribution in [3.05, 3.63) is 0 Å². The van der Waals surface area contributed by atoms with E-state index in [1.54, 1.807) is 6.92 Å². The van der Waals surface area contributed by atoms with Gasteiger partial charge in [0.05, 0.1) is 24.7 Å². The van der Waals surface area contributed by atoms with Crippen molar-refractivity contribution >= 4 is 5.91 Å². The highest BCUT2D eigenvalue weighted by atomic mass is 16.3. The zero-order chi connectivity index (χ0) is 11.5. The summed E-state index contributed by atoms with van der Waals surface area (Å²) in [5.74, 6) is 0.132. The minimum Gasteiger partial charge on any atom is -0.394 e. The molecule has 5 nitrogen and oxygen atoms in total. The fraction of sp³-hybridized carbons (Fsp3) is 0.900. The summed E-state index contributed by atoms with van der Waals surface area (Å²) >= 11 is 0. The Bertz CT molecular complexity index is 229. The van der Waals surface area contributed by atoms with E-state index in [9.17, 15) is 4.79 Å². The average Bonchev–Trinajstić information content (AvgIpc) is 2.64. The molecule has 0 aromatic heterocycles. The van der Waals surface area contributed by atoms with Crippen LogP contribution in [0, 0.1) is 11.8 Å². The van der Waals surface area contributed by atoms with Gasteiger partial charge in [0, 0.05) is 6.54 Å². The van der Waals surface area contributed by atoms with Crippen LogP contribution in [0.4, 0.5) is 0 Å². The Kier molecular flexibility index (Phi) is 4.07. The third kappa shape index (κ3) is 2.90. The van der Waals surface area contributed by atoms with Crippen molar-refractivity contribution < 1.29 is 15.0 Å². The third-order valence-electron chi connectivity index (χ3n) is 2.98. The highest BCUT2D eigenvalue weighted by Gasteiger charge is 2.33. The van der Waals surface area contributed by atoms with Gasteiger partial charge in [-0.3, -0.25) is 4.79 Å². The zero-order valence-corrected chi connectivity index (χ0v) is 9.29. The first-order valence-corrected chi connectivity index (χ1v) is 5.27. The molecular formula is C10H20N2O3. The molecule has 1 fully saturated rings. The monoisotopic (exact) mass is 216 g/mol. The van der Waals surface area contributed by atoms with Crippen molar-refractivity contribution in [1.82, 2.24) is 10.6 Å². The van der Waals surface area contributed by atoms with E-state index in [1.165, 1.54) is 0 Å². The molecule has 0 aliphatic carbocycles. The number of rotatable bonds is 4. The summed E-state index contributed by atoms with van der Waals surface area (Å²) in [6, 6.07) is 0. The van der Waals surface area contributed by atoms with Crippen molar-refractivity contribution in [2.75, 3.05) is 26.3 Å². The molecular weight excluding hydrogens is 196 g/mol. The molecule has 0 radical (unpaired) electrons. The van der Waals surface area contributed by atoms with Crippen LogP contribution in [0.15, 0.2) is 0 Å². The Balaban J connectivity index is 2.54. The standard InChI is InChI=1S/C10H20N2O3/c1-7-3-11-4-8(7)9(15)12-10(2,5-13)6-14/h7-8,11,13-14H,3-6H2,1-2H3,(H,12,15). The van der Waals surface area contributed by atoms with Crippen LogP contribution in [0.2, 0.25) is 0 Å². The molecule has 1 heterocycles. The molecule has 0 aromatic rings. The smallest absolute Gasteiger partial charge is 0.225 e. The van der Waals surface area contributed by atoms with Crippen molar-refractivity contribution in [2.24, 2.45) is 11.8 Å². The summed E-state index contributed by atoms with van der Waals surface area (Å²) < 4.78 is 0. The molecule has 0 spiro atoms. The lowest BCUT2D eigenvalue weighted by Gasteiger charge is -2.28. The van der Waals surface area contributed by atoms with Crippen molar-refractivity contribution in [2.45, 2.75) is 19.4 Å². The number of hydrogen-bond acceptors (Lipinski definition) is 4. The van der Waals surface area contributed by atoms with Crippen LogP contribution in [-0.2, 0) is 4.79 Å². The van der Waals surface area contributed by atoms with Crippen molar-refractivity contribution in [3.8, 4) is 0 Å². The maximum absolute atomic E-state index is 11.8. The Hall–Kier alpha value is -0.650. The highest BCUT2D eigenvalue weighted by molar-refractivity contribution is 5.80. The lowest BCUT2D eigenvalue weighted by molar-refractivity contribution is -0.128. The van der Waals surface area contributed by atoms with E-state index >= 15 is 0 Å². The molecule has 15 heavy (non-hydrogen) atoms. The van der Waals surface area contributed by atoms with E-state index in [2.05, 4.69) is 10.6 Å². The number of carbonyl (C=O) groups is 1. The minimum atomic E-state index is -0.917. The van der Waals surface area contributed by atoms with Crippen molar-refractivity contribution in [1.29, 1.82) is 0 Å². The van der Waals surface area contributed by atoms with Crippen LogP contribution in [0.1, 0.15) is 13.8 Å². The van der Waals surface area contributed by atoms with Gasteiger partial charge in [-0.15, -0.1) is 0 Å². The molecule has 1 aliphatic heterocycles. The molecule has 0 bridgehead atoms. The second-order valence-corrected chi connectivity index (χ2v) is 4.61. The van der Waals surface area contributed by atoms with E-state index < -0.39 is 5.54 Å². The first kappa shape index (κ1) is 12.4. The summed E-state index contributed by atoms with van der Waals surface area (Å²) in [4.78, 5) is 11.8. The van der Waals surface area contributed by atoms with Crippen LogP contribution in [0.25, 0.3) is 0 Å². The lowest BCUT2D eigenvalue weighted by Crippen LogP contribution is -2.54. The predicted octanol–water partition coefficient (Wildman–Crippen LogP) is -1.30. The topological polar surface area (TPSA) is 81.6 Å². The molecule has 5 heteroatoms. The maximum atomic E-state index is 11.8. The van der Waals surface area contributed by atoms with Gasteiger partial charge in [0.25, 0.3) is 0 Å². The fourth-order valence-electron chi connectivity index (χ4n) is 1.68. The van der Waals surface area contributed by atoms with Gasteiger partial charge >= 0.3 is 0 Å². The maximum Gasteiger partial charge on any atom is 0.225 e. The summed E-state index contributed by atoms with van der Waals surface area (Å²) in [5.41, 5.74) is -0.917. The van der Waals surface area contributed by atoms with Gasteiger partial charge in [-0.05, 0) is 19.4 Å². The van der Waals surface area contributed by atoms with Gasteiger partial charge < -0.3 is 20.8 Å². The number of aliphatic hydroxyl groups is 2. The van der Waals surface area contributed by atoms with Gasteiger partial charge in [-0.2, -0.15) is 0 Å².